The van der Waals surface area contributed by atoms with E-state index in [1.807, 2.05) is 66.7 Å². The molecule has 0 aliphatic heterocycles. The van der Waals surface area contributed by atoms with E-state index in [0.717, 1.165) is 44.8 Å². The smallest absolute Gasteiger partial charge is 0.239 e. The van der Waals surface area contributed by atoms with E-state index in [1.165, 1.54) is 0 Å². The van der Waals surface area contributed by atoms with Gasteiger partial charge in [0.2, 0.25) is 16.7 Å². The van der Waals surface area contributed by atoms with Crippen molar-refractivity contribution in [2.45, 2.75) is 19.9 Å². The van der Waals surface area contributed by atoms with Gasteiger partial charge in [0.15, 0.2) is 0 Å². The fourth-order valence-corrected chi connectivity index (χ4v) is 4.20. The molecule has 1 heterocycles. The predicted molar refractivity (Wildman–Crippen MR) is 159 cm³/mol. The normalized spacial score (nSPS) is 11.1. The Morgan fingerprint density at radius 1 is 0.821 bits per heavy atom. The van der Waals surface area contributed by atoms with Gasteiger partial charge in [-0.15, -0.1) is 4.57 Å². The molecule has 5 aromatic rings. The quantitative estimate of drug-likeness (QED) is 0.150. The van der Waals surface area contributed by atoms with E-state index in [4.69, 9.17) is 41.2 Å². The highest BCUT2D eigenvalue weighted by atomic mass is 35.5. The molecule has 4 N–H and O–H groups in total. The van der Waals surface area contributed by atoms with Gasteiger partial charge in [-0.2, -0.15) is 0 Å². The standard InChI is InChI=1S/C27H22Cl2N4.CH4O3S.H2O/c1-17(2)30-24-16-27-25(15-23(24)31-20-11-7-18(28)8-12-20)32-22-5-3-4-6-26(22)33(27)21-13-9-19(29)10-14-21;1-5(2,3)4;/h3-17H,1-2H3,(H,31,32);1H3,(H,2,3,4);1H2. The molecule has 0 aliphatic carbocycles. The molecular weight excluding hydrogens is 559 g/mol. The zero-order valence-corrected chi connectivity index (χ0v) is 23.8. The average molecular weight is 588 g/mol. The van der Waals surface area contributed by atoms with Gasteiger partial charge in [0.25, 0.3) is 0 Å². The number of benzene rings is 4. The first-order chi connectivity index (χ1) is 18.0. The van der Waals surface area contributed by atoms with E-state index in [0.29, 0.717) is 16.3 Å². The van der Waals surface area contributed by atoms with E-state index in [9.17, 15) is 0 Å². The zero-order chi connectivity index (χ0) is 27.4. The van der Waals surface area contributed by atoms with Gasteiger partial charge < -0.3 is 20.7 Å². The second-order valence-corrected chi connectivity index (χ2v) is 11.2. The lowest BCUT2D eigenvalue weighted by atomic mass is 10.1. The van der Waals surface area contributed by atoms with Crippen LogP contribution in [-0.4, -0.2) is 35.7 Å². The summed E-state index contributed by atoms with van der Waals surface area (Å²) >= 11 is 12.3. The lowest BCUT2D eigenvalue weighted by Crippen LogP contribution is -2.33. The van der Waals surface area contributed by atoms with Crippen LogP contribution in [-0.2, 0) is 10.1 Å². The first-order valence-corrected chi connectivity index (χ1v) is 14.3. The minimum atomic E-state index is -3.92. The highest BCUT2D eigenvalue weighted by molar-refractivity contribution is 7.84. The summed E-state index contributed by atoms with van der Waals surface area (Å²) in [6.45, 7) is 4.25. The molecule has 39 heavy (non-hydrogen) atoms. The predicted octanol–water partition coefficient (Wildman–Crippen LogP) is 5.87. The van der Waals surface area contributed by atoms with Gasteiger partial charge in [0, 0.05) is 52.3 Å². The Hall–Kier alpha value is -3.47. The topological polar surface area (TPSA) is 130 Å². The highest BCUT2D eigenvalue weighted by Gasteiger charge is 2.21. The number of rotatable bonds is 5. The molecule has 1 aromatic heterocycles. The molecular formula is C28H28Cl2N4O4S. The van der Waals surface area contributed by atoms with Crippen molar-refractivity contribution in [1.82, 2.24) is 4.98 Å². The summed E-state index contributed by atoms with van der Waals surface area (Å²) in [5.74, 6) is 0. The van der Waals surface area contributed by atoms with Crippen LogP contribution in [0.4, 0.5) is 17.1 Å². The van der Waals surface area contributed by atoms with Crippen LogP contribution >= 0.6 is 23.2 Å². The minimum absolute atomic E-state index is 0. The third-order valence-corrected chi connectivity index (χ3v) is 5.88. The molecule has 0 unspecified atom stereocenters. The summed E-state index contributed by atoms with van der Waals surface area (Å²) in [7, 11) is -3.92. The first kappa shape index (κ1) is 30.1. The summed E-state index contributed by atoms with van der Waals surface area (Å²) in [6, 6.07) is 28.2. The Morgan fingerprint density at radius 3 is 1.97 bits per heavy atom. The Balaban J connectivity index is 0.000000644. The van der Waals surface area contributed by atoms with Crippen molar-refractivity contribution in [3.05, 3.63) is 95.0 Å². The van der Waals surface area contributed by atoms with E-state index in [2.05, 4.69) is 47.2 Å². The molecule has 0 radical (unpaired) electrons. The molecule has 0 amide bonds. The molecule has 4 aromatic carbocycles. The van der Waals surface area contributed by atoms with Gasteiger partial charge >= 0.3 is 0 Å². The summed E-state index contributed by atoms with van der Waals surface area (Å²) in [5.41, 5.74) is 7.75. The summed E-state index contributed by atoms with van der Waals surface area (Å²) in [6.07, 6.45) is 0.604. The summed E-state index contributed by atoms with van der Waals surface area (Å²) < 4.78 is 29.5. The van der Waals surface area contributed by atoms with Crippen molar-refractivity contribution >= 4 is 72.4 Å². The average Bonchev–Trinajstić information content (AvgIpc) is 2.84. The lowest BCUT2D eigenvalue weighted by molar-refractivity contribution is -0.538. The number of aromatic nitrogens is 2. The van der Waals surface area contributed by atoms with Crippen LogP contribution in [0.3, 0.4) is 0 Å². The number of anilines is 3. The van der Waals surface area contributed by atoms with Crippen LogP contribution in [0.2, 0.25) is 10.0 Å². The third kappa shape index (κ3) is 8.01. The number of halogens is 2. The molecule has 0 fully saturated rings. The molecule has 11 heteroatoms. The van der Waals surface area contributed by atoms with Crippen LogP contribution in [0.5, 0.6) is 0 Å². The molecule has 5 rings (SSSR count). The van der Waals surface area contributed by atoms with Gasteiger partial charge in [-0.3, -0.25) is 0 Å². The van der Waals surface area contributed by atoms with Crippen molar-refractivity contribution in [2.75, 3.05) is 16.9 Å². The minimum Gasteiger partial charge on any atom is -0.748 e. The maximum atomic E-state index is 9.08. The molecule has 0 saturated carbocycles. The maximum Gasteiger partial charge on any atom is 0.239 e. The second kappa shape index (κ2) is 12.6. The SMILES string of the molecule is CC(C)Nc1cc2c(cc1Nc1ccc(Cl)cc1)nc1ccccc1[n+]2-c1ccc(Cl)cc1.CS(=O)(=O)[O-].O. The molecule has 0 saturated heterocycles. The van der Waals surface area contributed by atoms with Crippen LogP contribution in [0.25, 0.3) is 27.8 Å². The van der Waals surface area contributed by atoms with Gasteiger partial charge in [-0.1, -0.05) is 35.3 Å². The Morgan fingerprint density at radius 2 is 1.38 bits per heavy atom. The van der Waals surface area contributed by atoms with Gasteiger partial charge in [-0.25, -0.2) is 13.4 Å². The van der Waals surface area contributed by atoms with E-state index in [-0.39, 0.29) is 11.5 Å². The molecule has 0 aliphatic rings. The molecule has 204 valence electrons. The van der Waals surface area contributed by atoms with Gasteiger partial charge in [0.05, 0.1) is 21.5 Å². The number of para-hydroxylation sites is 2. The van der Waals surface area contributed by atoms with E-state index in [1.54, 1.807) is 0 Å². The fourth-order valence-electron chi connectivity index (χ4n) is 3.94. The number of fused-ring (bicyclic) bond motifs is 2. The zero-order valence-electron chi connectivity index (χ0n) is 21.4. The third-order valence-electron chi connectivity index (χ3n) is 5.37. The Labute approximate surface area is 237 Å². The Kier molecular flexibility index (Phi) is 9.71. The van der Waals surface area contributed by atoms with E-state index >= 15 is 0 Å². The lowest BCUT2D eigenvalue weighted by Gasteiger charge is -2.17. The summed E-state index contributed by atoms with van der Waals surface area (Å²) in [5, 5.41) is 8.52. The summed E-state index contributed by atoms with van der Waals surface area (Å²) in [4.78, 5) is 4.98. The van der Waals surface area contributed by atoms with Crippen molar-refractivity contribution in [3.8, 4) is 5.69 Å². The number of hydrogen-bond acceptors (Lipinski definition) is 6. The number of hydrogen-bond donors (Lipinski definition) is 2. The van der Waals surface area contributed by atoms with Gasteiger partial charge in [0.1, 0.15) is 11.0 Å². The van der Waals surface area contributed by atoms with Crippen LogP contribution in [0.1, 0.15) is 13.8 Å². The second-order valence-electron chi connectivity index (χ2n) is 8.93. The molecule has 0 bridgehead atoms. The highest BCUT2D eigenvalue weighted by Crippen LogP contribution is 2.31. The maximum absolute atomic E-state index is 9.08. The van der Waals surface area contributed by atoms with Gasteiger partial charge in [-0.05, 0) is 62.4 Å². The largest absolute Gasteiger partial charge is 0.748 e. The van der Waals surface area contributed by atoms with Crippen LogP contribution in [0.15, 0.2) is 84.9 Å². The van der Waals surface area contributed by atoms with Crippen LogP contribution in [0, 0.1) is 0 Å². The van der Waals surface area contributed by atoms with Crippen molar-refractivity contribution < 1.29 is 23.0 Å². The monoisotopic (exact) mass is 586 g/mol. The van der Waals surface area contributed by atoms with Crippen molar-refractivity contribution in [3.63, 3.8) is 0 Å². The molecule has 8 nitrogen and oxygen atoms in total. The first-order valence-electron chi connectivity index (χ1n) is 11.7. The Bertz CT molecular complexity index is 1690. The van der Waals surface area contributed by atoms with E-state index < -0.39 is 10.1 Å². The number of nitrogens with zero attached hydrogens (tertiary/aromatic N) is 2. The fraction of sp³-hybridized carbons (Fsp3) is 0.143. The van der Waals surface area contributed by atoms with Crippen molar-refractivity contribution in [1.29, 1.82) is 0 Å². The van der Waals surface area contributed by atoms with Crippen LogP contribution < -0.4 is 15.2 Å². The van der Waals surface area contributed by atoms with Crippen molar-refractivity contribution in [2.24, 2.45) is 0 Å². The number of nitrogens with one attached hydrogen (secondary N) is 2. The molecule has 0 spiro atoms. The molecule has 0 atom stereocenters.